The van der Waals surface area contributed by atoms with E-state index in [1.165, 1.54) is 4.31 Å². The van der Waals surface area contributed by atoms with E-state index in [1.807, 2.05) is 44.2 Å². The summed E-state index contributed by atoms with van der Waals surface area (Å²) in [6.07, 6.45) is 1.88. The number of carbonyl (C=O) groups excluding carboxylic acids is 1. The van der Waals surface area contributed by atoms with E-state index in [4.69, 9.17) is 0 Å². The van der Waals surface area contributed by atoms with Crippen molar-refractivity contribution in [1.29, 1.82) is 0 Å². The molecule has 0 bridgehead atoms. The minimum atomic E-state index is -3.64. The highest BCUT2D eigenvalue weighted by Gasteiger charge is 2.28. The van der Waals surface area contributed by atoms with Gasteiger partial charge in [-0.15, -0.1) is 0 Å². The van der Waals surface area contributed by atoms with Gasteiger partial charge < -0.3 is 5.32 Å². The van der Waals surface area contributed by atoms with Crippen LogP contribution in [0, 0.1) is 0 Å². The van der Waals surface area contributed by atoms with Crippen LogP contribution in [0.1, 0.15) is 37.8 Å². The Morgan fingerprint density at radius 3 is 2.50 bits per heavy atom. The summed E-state index contributed by atoms with van der Waals surface area (Å²) in [5.41, 5.74) is 2.54. The lowest BCUT2D eigenvalue weighted by atomic mass is 10.1. The van der Waals surface area contributed by atoms with E-state index in [0.717, 1.165) is 17.5 Å². The van der Waals surface area contributed by atoms with Crippen molar-refractivity contribution >= 4 is 21.6 Å². The minimum Gasteiger partial charge on any atom is -0.326 e. The molecule has 0 saturated heterocycles. The van der Waals surface area contributed by atoms with Gasteiger partial charge in [-0.1, -0.05) is 30.3 Å². The third-order valence-corrected chi connectivity index (χ3v) is 6.58. The first-order valence-electron chi connectivity index (χ1n) is 8.86. The molecule has 0 spiro atoms. The Bertz CT molecular complexity index is 893. The molecule has 1 N–H and O–H groups in total. The summed E-state index contributed by atoms with van der Waals surface area (Å²) in [6, 6.07) is 14.4. The summed E-state index contributed by atoms with van der Waals surface area (Å²) < 4.78 is 28.0. The second-order valence-corrected chi connectivity index (χ2v) is 8.74. The van der Waals surface area contributed by atoms with Gasteiger partial charge in [0.25, 0.3) is 0 Å². The standard InChI is InChI=1S/C20H24N2O3S/c1-15(2)22(14-16-7-4-3-5-8-16)26(24,25)18-11-12-19-17(13-18)9-6-10-20(23)21-19/h3-5,7-8,11-13,15H,6,9-10,14H2,1-2H3,(H,21,23). The molecule has 0 atom stereocenters. The number of nitrogens with one attached hydrogen (secondary N) is 1. The molecule has 5 nitrogen and oxygen atoms in total. The number of sulfonamides is 1. The first-order chi connectivity index (χ1) is 12.4. The van der Waals surface area contributed by atoms with E-state index in [9.17, 15) is 13.2 Å². The summed E-state index contributed by atoms with van der Waals surface area (Å²) in [6.45, 7) is 4.09. The van der Waals surface area contributed by atoms with Gasteiger partial charge in [-0.25, -0.2) is 8.42 Å². The van der Waals surface area contributed by atoms with Gasteiger partial charge in [-0.3, -0.25) is 4.79 Å². The molecular formula is C20H24N2O3S. The van der Waals surface area contributed by atoms with Gasteiger partial charge in [-0.05, 0) is 56.0 Å². The number of rotatable bonds is 5. The maximum atomic E-state index is 13.3. The van der Waals surface area contributed by atoms with Crippen LogP contribution < -0.4 is 5.32 Å². The Morgan fingerprint density at radius 2 is 1.81 bits per heavy atom. The molecule has 3 rings (SSSR count). The maximum Gasteiger partial charge on any atom is 0.243 e. The number of hydrogen-bond donors (Lipinski definition) is 1. The van der Waals surface area contributed by atoms with Crippen LogP contribution in [0.5, 0.6) is 0 Å². The van der Waals surface area contributed by atoms with Gasteiger partial charge in [-0.2, -0.15) is 4.31 Å². The van der Waals surface area contributed by atoms with Crippen molar-refractivity contribution in [3.8, 4) is 0 Å². The zero-order valence-electron chi connectivity index (χ0n) is 15.1. The van der Waals surface area contributed by atoms with E-state index in [1.54, 1.807) is 18.2 Å². The fourth-order valence-electron chi connectivity index (χ4n) is 3.16. The molecule has 0 aliphatic carbocycles. The van der Waals surface area contributed by atoms with E-state index < -0.39 is 10.0 Å². The van der Waals surface area contributed by atoms with Crippen LogP contribution in [0.15, 0.2) is 53.4 Å². The van der Waals surface area contributed by atoms with Gasteiger partial charge in [0, 0.05) is 24.7 Å². The predicted molar refractivity (Wildman–Crippen MR) is 102 cm³/mol. The highest BCUT2D eigenvalue weighted by atomic mass is 32.2. The zero-order valence-corrected chi connectivity index (χ0v) is 15.9. The zero-order chi connectivity index (χ0) is 18.7. The number of benzene rings is 2. The number of aryl methyl sites for hydroxylation is 1. The first-order valence-corrected chi connectivity index (χ1v) is 10.3. The van der Waals surface area contributed by atoms with Gasteiger partial charge in [0.15, 0.2) is 0 Å². The summed E-state index contributed by atoms with van der Waals surface area (Å²) >= 11 is 0. The number of hydrogen-bond acceptors (Lipinski definition) is 3. The molecule has 1 heterocycles. The highest BCUT2D eigenvalue weighted by molar-refractivity contribution is 7.89. The van der Waals surface area contributed by atoms with Crippen molar-refractivity contribution in [2.75, 3.05) is 5.32 Å². The lowest BCUT2D eigenvalue weighted by Gasteiger charge is -2.26. The SMILES string of the molecule is CC(C)N(Cc1ccccc1)S(=O)(=O)c1ccc2c(c1)CCCC(=O)N2. The molecule has 6 heteroatoms. The normalized spacial score (nSPS) is 14.8. The number of anilines is 1. The largest absolute Gasteiger partial charge is 0.326 e. The summed E-state index contributed by atoms with van der Waals surface area (Å²) in [7, 11) is -3.64. The van der Waals surface area contributed by atoms with Crippen molar-refractivity contribution < 1.29 is 13.2 Å². The third kappa shape index (κ3) is 3.97. The van der Waals surface area contributed by atoms with E-state index >= 15 is 0 Å². The van der Waals surface area contributed by atoms with Crippen molar-refractivity contribution in [2.45, 2.75) is 50.6 Å². The quantitative estimate of drug-likeness (QED) is 0.873. The van der Waals surface area contributed by atoms with Crippen LogP contribution in [-0.2, 0) is 27.8 Å². The number of amides is 1. The molecule has 138 valence electrons. The molecule has 0 aromatic heterocycles. The van der Waals surface area contributed by atoms with Crippen LogP contribution in [0.2, 0.25) is 0 Å². The lowest BCUT2D eigenvalue weighted by molar-refractivity contribution is -0.116. The molecule has 2 aromatic rings. The Morgan fingerprint density at radius 1 is 1.08 bits per heavy atom. The Hall–Kier alpha value is -2.18. The Kier molecular flexibility index (Phi) is 5.44. The van der Waals surface area contributed by atoms with Crippen molar-refractivity contribution in [3.63, 3.8) is 0 Å². The van der Waals surface area contributed by atoms with Crippen molar-refractivity contribution in [2.24, 2.45) is 0 Å². The number of fused-ring (bicyclic) bond motifs is 1. The molecule has 2 aromatic carbocycles. The molecular weight excluding hydrogens is 348 g/mol. The fourth-order valence-corrected chi connectivity index (χ4v) is 4.83. The monoisotopic (exact) mass is 372 g/mol. The summed E-state index contributed by atoms with van der Waals surface area (Å²) in [5.74, 6) is -0.0211. The van der Waals surface area contributed by atoms with Crippen LogP contribution in [0.4, 0.5) is 5.69 Å². The van der Waals surface area contributed by atoms with Crippen molar-refractivity contribution in [1.82, 2.24) is 4.31 Å². The fraction of sp³-hybridized carbons (Fsp3) is 0.350. The molecule has 0 fully saturated rings. The molecule has 1 amide bonds. The van der Waals surface area contributed by atoms with Gasteiger partial charge in [0.05, 0.1) is 4.90 Å². The second kappa shape index (κ2) is 7.60. The Labute approximate surface area is 155 Å². The molecule has 0 saturated carbocycles. The molecule has 1 aliphatic rings. The maximum absolute atomic E-state index is 13.3. The van der Waals surface area contributed by atoms with E-state index in [2.05, 4.69) is 5.32 Å². The predicted octanol–water partition coefficient (Wildman–Crippen LogP) is 3.56. The van der Waals surface area contributed by atoms with Gasteiger partial charge >= 0.3 is 0 Å². The topological polar surface area (TPSA) is 66.5 Å². The van der Waals surface area contributed by atoms with Crippen LogP contribution in [0.3, 0.4) is 0 Å². The average Bonchev–Trinajstić information content (AvgIpc) is 2.80. The number of nitrogens with zero attached hydrogens (tertiary/aromatic N) is 1. The number of carbonyl (C=O) groups is 1. The van der Waals surface area contributed by atoms with Crippen LogP contribution in [0.25, 0.3) is 0 Å². The molecule has 26 heavy (non-hydrogen) atoms. The minimum absolute atomic E-state index is 0.0211. The Balaban J connectivity index is 1.95. The average molecular weight is 372 g/mol. The first kappa shape index (κ1) is 18.6. The molecule has 0 radical (unpaired) electrons. The second-order valence-electron chi connectivity index (χ2n) is 6.85. The van der Waals surface area contributed by atoms with Crippen LogP contribution in [-0.4, -0.2) is 24.7 Å². The smallest absolute Gasteiger partial charge is 0.243 e. The summed E-state index contributed by atoms with van der Waals surface area (Å²) in [4.78, 5) is 12.0. The van der Waals surface area contributed by atoms with Gasteiger partial charge in [0.1, 0.15) is 0 Å². The molecule has 0 unspecified atom stereocenters. The lowest BCUT2D eigenvalue weighted by Crippen LogP contribution is -2.36. The highest BCUT2D eigenvalue weighted by Crippen LogP contribution is 2.28. The van der Waals surface area contributed by atoms with Gasteiger partial charge in [0.2, 0.25) is 15.9 Å². The third-order valence-electron chi connectivity index (χ3n) is 4.56. The molecule has 1 aliphatic heterocycles. The van der Waals surface area contributed by atoms with E-state index in [0.29, 0.717) is 25.1 Å². The van der Waals surface area contributed by atoms with Crippen molar-refractivity contribution in [3.05, 3.63) is 59.7 Å². The van der Waals surface area contributed by atoms with E-state index in [-0.39, 0.29) is 16.8 Å². The summed E-state index contributed by atoms with van der Waals surface area (Å²) in [5, 5.41) is 2.85. The van der Waals surface area contributed by atoms with Crippen LogP contribution >= 0.6 is 0 Å².